The van der Waals surface area contributed by atoms with E-state index in [9.17, 15) is 39.0 Å². The molecule has 2 aliphatic heterocycles. The van der Waals surface area contributed by atoms with E-state index >= 15 is 28.8 Å². The van der Waals surface area contributed by atoms with Crippen molar-refractivity contribution in [2.24, 2.45) is 23.7 Å². The zero-order chi connectivity index (χ0) is 78.5. The quantitative estimate of drug-likeness (QED) is 0.0822. The van der Waals surface area contributed by atoms with Crippen molar-refractivity contribution in [1.29, 1.82) is 0 Å². The van der Waals surface area contributed by atoms with E-state index in [0.29, 0.717) is 49.4 Å². The van der Waals surface area contributed by atoms with Crippen molar-refractivity contribution in [3.8, 4) is 0 Å². The molecule has 2 saturated heterocycles. The number of rotatable bonds is 24. The molecule has 0 bridgehead atoms. The third kappa shape index (κ3) is 28.1. The van der Waals surface area contributed by atoms with Crippen LogP contribution < -0.4 is 21.3 Å². The number of nitrogens with one attached hydrogen (secondary N) is 4. The van der Waals surface area contributed by atoms with Crippen LogP contribution in [0.2, 0.25) is 5.02 Å². The highest BCUT2D eigenvalue weighted by Crippen LogP contribution is 2.23. The van der Waals surface area contributed by atoms with Crippen LogP contribution in [0.25, 0.3) is 0 Å². The Balaban J connectivity index is 2.00. The third-order valence-corrected chi connectivity index (χ3v) is 19.4. The number of carbonyl (C=O) groups excluding carboxylic acids is 12. The second-order valence-corrected chi connectivity index (χ2v) is 30.2. The van der Waals surface area contributed by atoms with Gasteiger partial charge < -0.3 is 80.2 Å². The lowest BCUT2D eigenvalue weighted by Crippen LogP contribution is -2.62. The molecule has 2 heterocycles. The first-order chi connectivity index (χ1) is 49.5. The fraction of sp³-hybridized carbons (Fsp3) is 0.684. The molecule has 105 heavy (non-hydrogen) atoms. The minimum absolute atomic E-state index is 0.0244. The number of piperidine rings is 1. The van der Waals surface area contributed by atoms with Crippen molar-refractivity contribution in [1.82, 2.24) is 60.5 Å². The van der Waals surface area contributed by atoms with Gasteiger partial charge in [0.15, 0.2) is 0 Å². The lowest BCUT2D eigenvalue weighted by atomic mass is 9.98. The number of nitrogens with zero attached hydrogens (tertiary/aromatic N) is 8. The Kier molecular flexibility index (Phi) is 37.9. The van der Waals surface area contributed by atoms with Gasteiger partial charge in [0.2, 0.25) is 70.9 Å². The molecule has 28 nitrogen and oxygen atoms in total. The smallest absolute Gasteiger partial charge is 0.248 e. The van der Waals surface area contributed by atoms with Gasteiger partial charge in [-0.05, 0) is 118 Å². The van der Waals surface area contributed by atoms with Crippen molar-refractivity contribution in [3.05, 3.63) is 70.7 Å². The summed E-state index contributed by atoms with van der Waals surface area (Å²) in [6, 6.07) is 2.71. The van der Waals surface area contributed by atoms with Crippen molar-refractivity contribution in [2.75, 3.05) is 108 Å². The van der Waals surface area contributed by atoms with Crippen molar-refractivity contribution in [3.63, 3.8) is 0 Å². The number of benzene rings is 2. The van der Waals surface area contributed by atoms with Crippen molar-refractivity contribution >= 4 is 82.5 Å². The molecule has 588 valence electrons. The van der Waals surface area contributed by atoms with Crippen LogP contribution in [0.4, 0.5) is 0 Å². The third-order valence-electron chi connectivity index (χ3n) is 19.1. The molecule has 0 aromatic heterocycles. The summed E-state index contributed by atoms with van der Waals surface area (Å²) in [7, 11) is 8.20. The minimum atomic E-state index is -1.71. The molecule has 2 aromatic carbocycles. The molecule has 29 heteroatoms. The lowest BCUT2D eigenvalue weighted by Gasteiger charge is -2.37. The summed E-state index contributed by atoms with van der Waals surface area (Å²) >= 11 is 6.45. The summed E-state index contributed by atoms with van der Waals surface area (Å²) in [4.78, 5) is 190. The first-order valence-electron chi connectivity index (χ1n) is 37.1. The Labute approximate surface area is 626 Å². The van der Waals surface area contributed by atoms with Crippen LogP contribution in [0.3, 0.4) is 0 Å². The highest BCUT2D eigenvalue weighted by atomic mass is 35.5. The van der Waals surface area contributed by atoms with Crippen molar-refractivity contribution in [2.45, 2.75) is 207 Å². The summed E-state index contributed by atoms with van der Waals surface area (Å²) in [6.45, 7) is 15.8. The Bertz CT molecular complexity index is 3190. The molecule has 0 spiro atoms. The maximum absolute atomic E-state index is 15.5. The number of hydrogen-bond acceptors (Lipinski definition) is 16. The number of aliphatic hydroxyl groups is 2. The van der Waals surface area contributed by atoms with Gasteiger partial charge in [-0.15, -0.1) is 0 Å². The van der Waals surface area contributed by atoms with Crippen LogP contribution in [0.1, 0.15) is 145 Å². The number of likely N-dealkylation sites (N-methyl/N-ethyl adjacent to an activating group) is 6. The van der Waals surface area contributed by atoms with Crippen LogP contribution >= 0.6 is 11.6 Å². The molecule has 0 unspecified atom stereocenters. The molecule has 10 atom stereocenters. The van der Waals surface area contributed by atoms with Gasteiger partial charge in [-0.3, -0.25) is 57.5 Å². The van der Waals surface area contributed by atoms with Gasteiger partial charge in [0.05, 0.1) is 52.0 Å². The number of carbonyl (C=O) groups is 12. The first-order valence-corrected chi connectivity index (χ1v) is 37.5. The van der Waals surface area contributed by atoms with E-state index in [2.05, 4.69) is 21.3 Å². The van der Waals surface area contributed by atoms with Crippen LogP contribution in [0.5, 0.6) is 0 Å². The molecule has 12 amide bonds. The van der Waals surface area contributed by atoms with E-state index in [1.54, 1.807) is 49.9 Å². The number of likely N-dealkylation sites (tertiary alicyclic amines) is 1. The molecule has 2 aliphatic rings. The van der Waals surface area contributed by atoms with Crippen molar-refractivity contribution < 1.29 is 77.2 Å². The van der Waals surface area contributed by atoms with E-state index in [0.717, 1.165) is 31.6 Å². The Morgan fingerprint density at radius 2 is 1.03 bits per heavy atom. The van der Waals surface area contributed by atoms with Gasteiger partial charge in [-0.2, -0.15) is 0 Å². The maximum atomic E-state index is 15.5. The summed E-state index contributed by atoms with van der Waals surface area (Å²) in [5.41, 5.74) is 1.31. The number of halogens is 1. The standard InChI is InChI=1S/C76H121ClN12O16/c1-17-32-89-45-66(94)83(12)59(30-29-53-25-20-18-21-26-53)75(102)87(16)61(39-50(6)7)69(96)79-57(46-104-36-31-48(2)3)72(99)85(14)60(38-49(4)5)68(95)78-56(74(101)88-33-22-19-23-34-88)43-64(92)82(11)44-65(93)84(13)63(42-54-27-24-28-55(77)41-54)70(97)80-58(47-105-37-35-90)73(100)86(15)62(40-51(8)9)71(98)81-67(52(10)91)76(89)103/h18,20-21,24-28,41,48-52,56-63,67,90-91H,17,19,22-23,29-40,42-47H2,1-16H3,(H,78,95)(H,79,96)(H,80,97)(H,81,98)/t52-,56+,57+,58+,59+,60+,61+,62+,63+,67+/m1/s1. The first kappa shape index (κ1) is 89.6. The van der Waals surface area contributed by atoms with E-state index in [1.165, 1.54) is 63.9 Å². The molecule has 2 aromatic rings. The maximum Gasteiger partial charge on any atom is 0.248 e. The van der Waals surface area contributed by atoms with Gasteiger partial charge in [0.1, 0.15) is 54.4 Å². The fourth-order valence-corrected chi connectivity index (χ4v) is 13.0. The molecular weight excluding hydrogens is 1370 g/mol. The van der Waals surface area contributed by atoms with E-state index < -0.39 is 164 Å². The number of aliphatic hydroxyl groups excluding tert-OH is 2. The fourth-order valence-electron chi connectivity index (χ4n) is 12.8. The number of hydrogen-bond donors (Lipinski definition) is 6. The molecule has 0 saturated carbocycles. The average Bonchev–Trinajstić information content (AvgIpc) is 0.832. The lowest BCUT2D eigenvalue weighted by molar-refractivity contribution is -0.151. The van der Waals surface area contributed by atoms with Gasteiger partial charge in [0, 0.05) is 80.0 Å². The summed E-state index contributed by atoms with van der Waals surface area (Å²) in [5.74, 6) is -9.91. The van der Waals surface area contributed by atoms with Gasteiger partial charge in [0.25, 0.3) is 0 Å². The normalized spacial score (nSPS) is 23.7. The average molecular weight is 1490 g/mol. The zero-order valence-corrected chi connectivity index (χ0v) is 65.7. The Morgan fingerprint density at radius 1 is 0.543 bits per heavy atom. The second-order valence-electron chi connectivity index (χ2n) is 29.7. The zero-order valence-electron chi connectivity index (χ0n) is 64.9. The number of ether oxygens (including phenoxy) is 2. The van der Waals surface area contributed by atoms with Gasteiger partial charge in [-0.25, -0.2) is 0 Å². The summed E-state index contributed by atoms with van der Waals surface area (Å²) < 4.78 is 11.8. The topological polar surface area (TPSA) is 338 Å². The Hall–Kier alpha value is -7.79. The van der Waals surface area contributed by atoms with Gasteiger partial charge in [-0.1, -0.05) is 116 Å². The predicted molar refractivity (Wildman–Crippen MR) is 398 cm³/mol. The van der Waals surface area contributed by atoms with Gasteiger partial charge >= 0.3 is 0 Å². The van der Waals surface area contributed by atoms with E-state index in [1.807, 2.05) is 71.9 Å². The highest BCUT2D eigenvalue weighted by molar-refractivity contribution is 6.30. The molecule has 0 aliphatic carbocycles. The predicted octanol–water partition coefficient (Wildman–Crippen LogP) is 3.29. The molecule has 2 fully saturated rings. The SMILES string of the molecule is CCCN1CC(=O)N(C)[C@@H](CCc2ccccc2)C(=O)N(C)[C@@H](CC(C)C)C(=O)N[C@@H](COCCC(C)C)C(=O)N(C)[C@@H](CC(C)C)C(=O)N[C@H](C(=O)N2CCCCC2)CC(=O)N(C)CC(=O)N(C)[C@@H](Cc2cccc(Cl)c2)C(=O)N[C@@H](COCCO)C(=O)N(C)[C@@H](CC(C)C)C(=O)N[C@@H]([C@@H](C)O)C1=O. The van der Waals surface area contributed by atoms with Crippen LogP contribution in [-0.2, 0) is 79.8 Å². The molecular formula is C76H121ClN12O16. The minimum Gasteiger partial charge on any atom is -0.394 e. The van der Waals surface area contributed by atoms with Crippen LogP contribution in [0, 0.1) is 23.7 Å². The van der Waals surface area contributed by atoms with Crippen LogP contribution in [0.15, 0.2) is 54.6 Å². The Morgan fingerprint density at radius 3 is 1.53 bits per heavy atom. The van der Waals surface area contributed by atoms with Crippen LogP contribution in [-0.4, -0.2) is 289 Å². The number of aryl methyl sites for hydroxylation is 1. The summed E-state index contributed by atoms with van der Waals surface area (Å²) in [5, 5.41) is 32.6. The number of amides is 12. The molecule has 6 N–H and O–H groups in total. The molecule has 4 rings (SSSR count). The van der Waals surface area contributed by atoms with E-state index in [-0.39, 0.29) is 88.6 Å². The summed E-state index contributed by atoms with van der Waals surface area (Å²) in [6.07, 6.45) is 0.989. The second kappa shape index (κ2) is 44.4. The largest absolute Gasteiger partial charge is 0.394 e. The molecule has 0 radical (unpaired) electrons. The monoisotopic (exact) mass is 1490 g/mol. The van der Waals surface area contributed by atoms with E-state index in [4.69, 9.17) is 21.1 Å². The highest BCUT2D eigenvalue weighted by Gasteiger charge is 2.43.